The average Bonchev–Trinajstić information content (AvgIpc) is 2.81. The van der Waals surface area contributed by atoms with Crippen LogP contribution in [0.3, 0.4) is 0 Å². The van der Waals surface area contributed by atoms with Crippen molar-refractivity contribution in [3.05, 3.63) is 51.5 Å². The van der Waals surface area contributed by atoms with Gasteiger partial charge in [-0.2, -0.15) is 0 Å². The molecule has 0 bridgehead atoms. The summed E-state index contributed by atoms with van der Waals surface area (Å²) in [6, 6.07) is 1.68. The molecule has 4 rings (SSSR count). The summed E-state index contributed by atoms with van der Waals surface area (Å²) in [7, 11) is 3.14. The molecule has 0 saturated heterocycles. The Morgan fingerprint density at radius 3 is 2.41 bits per heavy atom. The van der Waals surface area contributed by atoms with E-state index in [0.29, 0.717) is 17.5 Å². The number of unbranched alkanes of at least 4 members (excludes halogenated alkanes) is 2. The molecule has 1 aromatic carbocycles. The van der Waals surface area contributed by atoms with Gasteiger partial charge in [0, 0.05) is 23.5 Å². The second-order valence-electron chi connectivity index (χ2n) is 10.3. The summed E-state index contributed by atoms with van der Waals surface area (Å²) >= 11 is 0. The number of likely N-dealkylation sites (N-methyl/N-ethyl adjacent to an activating group) is 1. The number of nitrogens with zero attached hydrogens (tertiary/aromatic N) is 1. The van der Waals surface area contributed by atoms with E-state index < -0.39 is 58.0 Å². The van der Waals surface area contributed by atoms with Crippen LogP contribution >= 0.6 is 0 Å². The van der Waals surface area contributed by atoms with Crippen molar-refractivity contribution in [3.8, 4) is 5.75 Å². The van der Waals surface area contributed by atoms with E-state index in [1.165, 1.54) is 17.0 Å². The fourth-order valence-corrected chi connectivity index (χ4v) is 6.18. The first-order valence-electron chi connectivity index (χ1n) is 12.4. The second-order valence-corrected chi connectivity index (χ2v) is 10.3. The monoisotopic (exact) mass is 512 g/mol. The van der Waals surface area contributed by atoms with Crippen LogP contribution in [0.5, 0.6) is 5.75 Å². The van der Waals surface area contributed by atoms with Gasteiger partial charge in [-0.25, -0.2) is 0 Å². The van der Waals surface area contributed by atoms with Gasteiger partial charge in [0.05, 0.1) is 11.6 Å². The molecular formula is C27H32N2O8. The van der Waals surface area contributed by atoms with Crippen molar-refractivity contribution >= 4 is 23.3 Å². The third-order valence-corrected chi connectivity index (χ3v) is 7.91. The molecule has 1 amide bonds. The number of carbonyl (C=O) groups is 4. The molecule has 0 fully saturated rings. The maximum atomic E-state index is 13.7. The highest BCUT2D eigenvalue weighted by atomic mass is 16.3. The molecular weight excluding hydrogens is 480 g/mol. The number of primary amides is 1. The van der Waals surface area contributed by atoms with Crippen molar-refractivity contribution < 1.29 is 39.6 Å². The SMILES string of the molecule is CCCCCC(=O)c1ccc(O)c2c1CC1CC3C(N(C)C)C(O)=C(C(N)=O)C(=O)C3(O)C(O)=C1C2=O. The number of amides is 1. The average molecular weight is 513 g/mol. The highest BCUT2D eigenvalue weighted by Crippen LogP contribution is 2.52. The minimum atomic E-state index is -2.69. The van der Waals surface area contributed by atoms with Crippen molar-refractivity contribution in [2.24, 2.45) is 17.6 Å². The normalized spacial score (nSPS) is 27.2. The smallest absolute Gasteiger partial charge is 0.255 e. The number of benzene rings is 1. The van der Waals surface area contributed by atoms with Crippen LogP contribution in [0.4, 0.5) is 0 Å². The van der Waals surface area contributed by atoms with Gasteiger partial charge in [0.2, 0.25) is 5.78 Å². The quantitative estimate of drug-likeness (QED) is 0.207. The number of phenolic OH excluding ortho intramolecular Hbond substituents is 1. The lowest BCUT2D eigenvalue weighted by Gasteiger charge is -2.50. The van der Waals surface area contributed by atoms with Gasteiger partial charge in [-0.15, -0.1) is 0 Å². The number of hydrogen-bond acceptors (Lipinski definition) is 9. The first-order chi connectivity index (χ1) is 17.4. The predicted octanol–water partition coefficient (Wildman–Crippen LogP) is 1.88. The number of allylic oxidation sites excluding steroid dienone is 1. The molecule has 4 unspecified atom stereocenters. The zero-order valence-corrected chi connectivity index (χ0v) is 21.1. The maximum Gasteiger partial charge on any atom is 0.255 e. The number of carbonyl (C=O) groups excluding carboxylic acids is 4. The fourth-order valence-electron chi connectivity index (χ4n) is 6.18. The van der Waals surface area contributed by atoms with Gasteiger partial charge in [0.1, 0.15) is 22.8 Å². The van der Waals surface area contributed by atoms with Crippen LogP contribution in [0, 0.1) is 11.8 Å². The van der Waals surface area contributed by atoms with Gasteiger partial charge >= 0.3 is 0 Å². The molecule has 1 aromatic rings. The van der Waals surface area contributed by atoms with E-state index in [-0.39, 0.29) is 41.9 Å². The molecule has 3 aliphatic carbocycles. The lowest BCUT2D eigenvalue weighted by Crippen LogP contribution is -2.63. The lowest BCUT2D eigenvalue weighted by molar-refractivity contribution is -0.148. The molecule has 37 heavy (non-hydrogen) atoms. The van der Waals surface area contributed by atoms with Crippen LogP contribution in [0.15, 0.2) is 34.8 Å². The van der Waals surface area contributed by atoms with Crippen LogP contribution < -0.4 is 5.73 Å². The van der Waals surface area contributed by atoms with Crippen LogP contribution in [0.25, 0.3) is 0 Å². The summed E-state index contributed by atoms with van der Waals surface area (Å²) < 4.78 is 0. The summed E-state index contributed by atoms with van der Waals surface area (Å²) in [5.41, 5.74) is 2.08. The molecule has 0 aliphatic heterocycles. The highest BCUT2D eigenvalue weighted by Gasteiger charge is 2.63. The topological polar surface area (TPSA) is 178 Å². The fraction of sp³-hybridized carbons (Fsp3) is 0.481. The Labute approximate surface area is 214 Å². The van der Waals surface area contributed by atoms with Gasteiger partial charge in [-0.3, -0.25) is 24.1 Å². The Morgan fingerprint density at radius 2 is 1.81 bits per heavy atom. The molecule has 0 heterocycles. The highest BCUT2D eigenvalue weighted by molar-refractivity contribution is 6.25. The van der Waals surface area contributed by atoms with E-state index in [0.717, 1.165) is 12.8 Å². The Bertz CT molecular complexity index is 1280. The summed E-state index contributed by atoms with van der Waals surface area (Å²) in [6.07, 6.45) is 2.85. The first-order valence-corrected chi connectivity index (χ1v) is 12.4. The molecule has 4 atom stereocenters. The molecule has 0 spiro atoms. The summed E-state index contributed by atoms with van der Waals surface area (Å²) in [6.45, 7) is 2.02. The molecule has 198 valence electrons. The second kappa shape index (κ2) is 9.42. The summed E-state index contributed by atoms with van der Waals surface area (Å²) in [5, 5.41) is 44.3. The summed E-state index contributed by atoms with van der Waals surface area (Å²) in [4.78, 5) is 53.5. The first kappa shape index (κ1) is 26.6. The van der Waals surface area contributed by atoms with Gasteiger partial charge < -0.3 is 26.2 Å². The third-order valence-electron chi connectivity index (χ3n) is 7.91. The number of nitrogens with two attached hydrogens (primary N) is 1. The molecule has 0 aromatic heterocycles. The minimum Gasteiger partial charge on any atom is -0.510 e. The minimum absolute atomic E-state index is 0.0229. The molecule has 0 radical (unpaired) electrons. The molecule has 10 heteroatoms. The number of fused-ring (bicyclic) bond motifs is 3. The number of aliphatic hydroxyl groups is 3. The molecule has 6 N–H and O–H groups in total. The van der Waals surface area contributed by atoms with Crippen molar-refractivity contribution in [2.45, 2.75) is 57.1 Å². The largest absolute Gasteiger partial charge is 0.510 e. The van der Waals surface area contributed by atoms with Crippen molar-refractivity contribution in [1.29, 1.82) is 0 Å². The predicted molar refractivity (Wildman–Crippen MR) is 132 cm³/mol. The van der Waals surface area contributed by atoms with Gasteiger partial charge in [0.25, 0.3) is 5.91 Å². The van der Waals surface area contributed by atoms with Gasteiger partial charge in [-0.05, 0) is 57.0 Å². The molecule has 10 nitrogen and oxygen atoms in total. The van der Waals surface area contributed by atoms with Crippen LogP contribution in [0.1, 0.15) is 65.3 Å². The van der Waals surface area contributed by atoms with Crippen LogP contribution in [-0.4, -0.2) is 74.3 Å². The molecule has 0 saturated carbocycles. The zero-order valence-electron chi connectivity index (χ0n) is 21.1. The van der Waals surface area contributed by atoms with E-state index in [9.17, 15) is 39.6 Å². The van der Waals surface area contributed by atoms with Crippen molar-refractivity contribution in [3.63, 3.8) is 0 Å². The number of aliphatic hydroxyl groups excluding tert-OH is 2. The Kier molecular flexibility index (Phi) is 6.76. The third kappa shape index (κ3) is 3.86. The van der Waals surface area contributed by atoms with E-state index >= 15 is 0 Å². The van der Waals surface area contributed by atoms with E-state index in [4.69, 9.17) is 5.73 Å². The number of Topliss-reactive ketones (excluding diaryl/α,β-unsaturated/α-hetero) is 3. The van der Waals surface area contributed by atoms with Gasteiger partial charge in [0.15, 0.2) is 17.2 Å². The number of aromatic hydroxyl groups is 1. The Hall–Kier alpha value is -3.50. The number of ketones is 3. The Balaban J connectivity index is 1.88. The van der Waals surface area contributed by atoms with Crippen molar-refractivity contribution in [2.75, 3.05) is 14.1 Å². The van der Waals surface area contributed by atoms with E-state index in [1.54, 1.807) is 14.1 Å². The van der Waals surface area contributed by atoms with Gasteiger partial charge in [-0.1, -0.05) is 19.8 Å². The number of hydrogen-bond donors (Lipinski definition) is 5. The standard InChI is InChI=1S/C27H32N2O8/c1-4-5-6-7-16(30)13-8-9-17(31)19-14(13)10-12-11-15-21(29(2)3)23(33)20(26(28)36)25(35)27(15,37)24(34)18(12)22(19)32/h8-9,12,15,21,31,33-34,37H,4-7,10-11H2,1-3H3,(H2,28,36). The molecule has 3 aliphatic rings. The number of phenols is 1. The lowest BCUT2D eigenvalue weighted by atomic mass is 9.58. The maximum absolute atomic E-state index is 13.7. The van der Waals surface area contributed by atoms with E-state index in [2.05, 4.69) is 0 Å². The van der Waals surface area contributed by atoms with Crippen LogP contribution in [-0.2, 0) is 16.0 Å². The van der Waals surface area contributed by atoms with E-state index in [1.807, 2.05) is 6.92 Å². The number of rotatable bonds is 7. The summed E-state index contributed by atoms with van der Waals surface area (Å²) in [5.74, 6) is -7.27. The Morgan fingerprint density at radius 1 is 1.14 bits per heavy atom. The van der Waals surface area contributed by atoms with Crippen molar-refractivity contribution in [1.82, 2.24) is 4.90 Å². The van der Waals surface area contributed by atoms with Crippen LogP contribution in [0.2, 0.25) is 0 Å². The zero-order chi connectivity index (χ0) is 27.4.